The van der Waals surface area contributed by atoms with E-state index in [4.69, 9.17) is 17.0 Å². The van der Waals surface area contributed by atoms with E-state index in [1.807, 2.05) is 6.92 Å². The number of hydrogen-bond acceptors (Lipinski definition) is 3. The minimum Gasteiger partial charge on any atom is -0.494 e. The summed E-state index contributed by atoms with van der Waals surface area (Å²) in [6.07, 6.45) is 6.03. The van der Waals surface area contributed by atoms with Crippen LogP contribution < -0.4 is 15.4 Å². The highest BCUT2D eigenvalue weighted by molar-refractivity contribution is 7.80. The van der Waals surface area contributed by atoms with Crippen LogP contribution in [-0.2, 0) is 0 Å². The number of carbonyl (C=O) groups is 1. The van der Waals surface area contributed by atoms with Crippen LogP contribution in [0.1, 0.15) is 56.3 Å². The molecule has 1 rings (SSSR count). The van der Waals surface area contributed by atoms with Crippen LogP contribution in [-0.4, -0.2) is 24.2 Å². The van der Waals surface area contributed by atoms with Crippen molar-refractivity contribution in [1.82, 2.24) is 10.6 Å². The van der Waals surface area contributed by atoms with Gasteiger partial charge >= 0.3 is 0 Å². The average Bonchev–Trinajstić information content (AvgIpc) is 2.51. The van der Waals surface area contributed by atoms with Crippen LogP contribution in [0.2, 0.25) is 0 Å². The molecule has 0 unspecified atom stereocenters. The predicted octanol–water partition coefficient (Wildman–Crippen LogP) is 3.66. The van der Waals surface area contributed by atoms with Gasteiger partial charge in [-0.25, -0.2) is 0 Å². The van der Waals surface area contributed by atoms with Crippen molar-refractivity contribution in [2.75, 3.05) is 13.2 Å². The molecule has 0 saturated heterocycles. The molecule has 0 heterocycles. The second-order valence-electron chi connectivity index (χ2n) is 5.08. The number of thiocarbonyl (C=S) groups is 1. The molecule has 0 aliphatic heterocycles. The van der Waals surface area contributed by atoms with Crippen LogP contribution in [0.25, 0.3) is 0 Å². The van der Waals surface area contributed by atoms with Crippen molar-refractivity contribution in [3.8, 4) is 5.75 Å². The number of ether oxygens (including phenoxy) is 1. The third-order valence-electron chi connectivity index (χ3n) is 3.22. The zero-order chi connectivity index (χ0) is 16.2. The van der Waals surface area contributed by atoms with Crippen molar-refractivity contribution >= 4 is 23.2 Å². The van der Waals surface area contributed by atoms with E-state index in [2.05, 4.69) is 17.6 Å². The van der Waals surface area contributed by atoms with Crippen molar-refractivity contribution in [2.24, 2.45) is 0 Å². The van der Waals surface area contributed by atoms with E-state index in [1.165, 1.54) is 25.7 Å². The molecule has 22 heavy (non-hydrogen) atoms. The van der Waals surface area contributed by atoms with Crippen molar-refractivity contribution in [1.29, 1.82) is 0 Å². The molecule has 0 fully saturated rings. The number of unbranched alkanes of at least 4 members (excludes halogenated alkanes) is 4. The first-order chi connectivity index (χ1) is 10.7. The maximum Gasteiger partial charge on any atom is 0.257 e. The lowest BCUT2D eigenvalue weighted by molar-refractivity contribution is 0.0976. The fourth-order valence-electron chi connectivity index (χ4n) is 2.02. The fourth-order valence-corrected chi connectivity index (χ4v) is 2.21. The first-order valence-electron chi connectivity index (χ1n) is 7.99. The molecule has 0 saturated carbocycles. The zero-order valence-electron chi connectivity index (χ0n) is 13.5. The van der Waals surface area contributed by atoms with Gasteiger partial charge in [-0.15, -0.1) is 0 Å². The first-order valence-corrected chi connectivity index (χ1v) is 8.40. The Morgan fingerprint density at radius 1 is 1.09 bits per heavy atom. The summed E-state index contributed by atoms with van der Waals surface area (Å²) in [5.41, 5.74) is 0.565. The molecule has 0 spiro atoms. The van der Waals surface area contributed by atoms with E-state index in [0.717, 1.165) is 18.7 Å². The molecule has 0 atom stereocenters. The number of rotatable bonds is 9. The van der Waals surface area contributed by atoms with Gasteiger partial charge in [-0.1, -0.05) is 32.6 Å². The van der Waals surface area contributed by atoms with Gasteiger partial charge in [0.15, 0.2) is 5.11 Å². The van der Waals surface area contributed by atoms with Crippen molar-refractivity contribution in [3.63, 3.8) is 0 Å². The molecule has 5 heteroatoms. The summed E-state index contributed by atoms with van der Waals surface area (Å²) in [6, 6.07) is 7.02. The van der Waals surface area contributed by atoms with E-state index < -0.39 is 0 Å². The molecule has 1 aromatic carbocycles. The molecule has 0 bridgehead atoms. The maximum absolute atomic E-state index is 12.0. The van der Waals surface area contributed by atoms with Crippen LogP contribution >= 0.6 is 12.2 Å². The van der Waals surface area contributed by atoms with Gasteiger partial charge in [-0.3, -0.25) is 10.1 Å². The summed E-state index contributed by atoms with van der Waals surface area (Å²) in [7, 11) is 0. The molecular formula is C17H26N2O2S. The SMILES string of the molecule is CCCCCCCNC(=S)NC(=O)c1ccc(OCC)cc1. The lowest BCUT2D eigenvalue weighted by atomic mass is 10.1. The number of hydrogen-bond donors (Lipinski definition) is 2. The van der Waals surface area contributed by atoms with Gasteiger partial charge in [-0.05, 0) is 49.8 Å². The van der Waals surface area contributed by atoms with Gasteiger partial charge in [0.1, 0.15) is 5.75 Å². The number of carbonyl (C=O) groups excluding carboxylic acids is 1. The van der Waals surface area contributed by atoms with Crippen LogP contribution in [0.4, 0.5) is 0 Å². The van der Waals surface area contributed by atoms with Gasteiger partial charge in [-0.2, -0.15) is 0 Å². The van der Waals surface area contributed by atoms with Crippen molar-refractivity contribution in [2.45, 2.75) is 46.0 Å². The second kappa shape index (κ2) is 11.0. The second-order valence-corrected chi connectivity index (χ2v) is 5.49. The Morgan fingerprint density at radius 2 is 1.77 bits per heavy atom. The first kappa shape index (κ1) is 18.4. The third kappa shape index (κ3) is 7.41. The van der Waals surface area contributed by atoms with E-state index in [0.29, 0.717) is 17.3 Å². The van der Waals surface area contributed by atoms with E-state index >= 15 is 0 Å². The molecule has 0 aromatic heterocycles. The number of nitrogens with one attached hydrogen (secondary N) is 2. The van der Waals surface area contributed by atoms with E-state index in [-0.39, 0.29) is 5.91 Å². The largest absolute Gasteiger partial charge is 0.494 e. The molecule has 0 aliphatic rings. The topological polar surface area (TPSA) is 50.4 Å². The average molecular weight is 322 g/mol. The Bertz CT molecular complexity index is 460. The van der Waals surface area contributed by atoms with Gasteiger partial charge in [0.25, 0.3) is 5.91 Å². The molecular weight excluding hydrogens is 296 g/mol. The summed E-state index contributed by atoms with van der Waals surface area (Å²) in [5, 5.41) is 6.14. The summed E-state index contributed by atoms with van der Waals surface area (Å²) in [5.74, 6) is 0.554. The highest BCUT2D eigenvalue weighted by Gasteiger charge is 2.07. The molecule has 122 valence electrons. The Labute approximate surface area is 138 Å². The summed E-state index contributed by atoms with van der Waals surface area (Å²) in [6.45, 7) is 5.53. The Morgan fingerprint density at radius 3 is 2.41 bits per heavy atom. The summed E-state index contributed by atoms with van der Waals surface area (Å²) < 4.78 is 5.35. The Kier molecular flexibility index (Phi) is 9.23. The van der Waals surface area contributed by atoms with Crippen molar-refractivity contribution < 1.29 is 9.53 Å². The number of amides is 1. The normalized spacial score (nSPS) is 10.1. The van der Waals surface area contributed by atoms with Gasteiger partial charge in [0.05, 0.1) is 6.61 Å². The molecule has 1 aromatic rings. The molecule has 4 nitrogen and oxygen atoms in total. The van der Waals surface area contributed by atoms with Crippen LogP contribution in [0.5, 0.6) is 5.75 Å². The minimum atomic E-state index is -0.202. The summed E-state index contributed by atoms with van der Waals surface area (Å²) >= 11 is 5.13. The monoisotopic (exact) mass is 322 g/mol. The standard InChI is InChI=1S/C17H26N2O2S/c1-3-5-6-7-8-13-18-17(22)19-16(20)14-9-11-15(12-10-14)21-4-2/h9-12H,3-8,13H2,1-2H3,(H2,18,19,20,22). The molecule has 1 amide bonds. The van der Waals surface area contributed by atoms with Gasteiger partial charge < -0.3 is 10.1 Å². The Balaban J connectivity index is 2.27. The van der Waals surface area contributed by atoms with Crippen molar-refractivity contribution in [3.05, 3.63) is 29.8 Å². The predicted molar refractivity (Wildman–Crippen MR) is 94.4 cm³/mol. The molecule has 0 aliphatic carbocycles. The smallest absolute Gasteiger partial charge is 0.257 e. The highest BCUT2D eigenvalue weighted by atomic mass is 32.1. The fraction of sp³-hybridized carbons (Fsp3) is 0.529. The number of benzene rings is 1. The quantitative estimate of drug-likeness (QED) is 0.538. The lowest BCUT2D eigenvalue weighted by Gasteiger charge is -2.10. The van der Waals surface area contributed by atoms with Gasteiger partial charge in [0.2, 0.25) is 0 Å². The highest BCUT2D eigenvalue weighted by Crippen LogP contribution is 2.11. The third-order valence-corrected chi connectivity index (χ3v) is 3.47. The molecule has 0 radical (unpaired) electrons. The van der Waals surface area contributed by atoms with Gasteiger partial charge in [0, 0.05) is 12.1 Å². The minimum absolute atomic E-state index is 0.202. The van der Waals surface area contributed by atoms with E-state index in [9.17, 15) is 4.79 Å². The Hall–Kier alpha value is -1.62. The van der Waals surface area contributed by atoms with Crippen LogP contribution in [0.3, 0.4) is 0 Å². The molecule has 2 N–H and O–H groups in total. The lowest BCUT2D eigenvalue weighted by Crippen LogP contribution is -2.39. The van der Waals surface area contributed by atoms with Crippen LogP contribution in [0.15, 0.2) is 24.3 Å². The van der Waals surface area contributed by atoms with Crippen LogP contribution in [0, 0.1) is 0 Å². The van der Waals surface area contributed by atoms with E-state index in [1.54, 1.807) is 24.3 Å². The summed E-state index contributed by atoms with van der Waals surface area (Å²) in [4.78, 5) is 12.0. The maximum atomic E-state index is 12.0. The zero-order valence-corrected chi connectivity index (χ0v) is 14.3.